The molecule has 0 aromatic heterocycles. The van der Waals surface area contributed by atoms with E-state index in [0.29, 0.717) is 24.5 Å². The van der Waals surface area contributed by atoms with Gasteiger partial charge in [0.2, 0.25) is 5.91 Å². The maximum absolute atomic E-state index is 12.0. The van der Waals surface area contributed by atoms with E-state index in [9.17, 15) is 4.79 Å². The molecule has 2 N–H and O–H groups in total. The fourth-order valence-corrected chi connectivity index (χ4v) is 5.40. The van der Waals surface area contributed by atoms with E-state index in [0.717, 1.165) is 17.8 Å². The van der Waals surface area contributed by atoms with Gasteiger partial charge in [-0.25, -0.2) is 0 Å². The molecule has 0 saturated heterocycles. The molecule has 4 fully saturated rings. The van der Waals surface area contributed by atoms with Gasteiger partial charge in [-0.3, -0.25) is 10.1 Å². The van der Waals surface area contributed by atoms with Crippen LogP contribution in [0.15, 0.2) is 0 Å². The average molecular weight is 274 g/mol. The van der Waals surface area contributed by atoms with Crippen LogP contribution in [0, 0.1) is 35.5 Å². The molecule has 0 aromatic carbocycles. The van der Waals surface area contributed by atoms with Gasteiger partial charge in [0.15, 0.2) is 0 Å². The second-order valence-electron chi connectivity index (χ2n) is 7.38. The fourth-order valence-electron chi connectivity index (χ4n) is 5.40. The minimum Gasteiger partial charge on any atom is -0.352 e. The van der Waals surface area contributed by atoms with Gasteiger partial charge in [-0.15, -0.1) is 6.42 Å². The molecule has 4 rings (SSSR count). The molecular weight excluding hydrogens is 248 g/mol. The van der Waals surface area contributed by atoms with Gasteiger partial charge in [0.1, 0.15) is 0 Å². The Morgan fingerprint density at radius 2 is 1.80 bits per heavy atom. The van der Waals surface area contributed by atoms with Crippen molar-refractivity contribution in [1.29, 1.82) is 0 Å². The Labute approximate surface area is 122 Å². The second kappa shape index (κ2) is 5.41. The summed E-state index contributed by atoms with van der Waals surface area (Å²) < 4.78 is 0. The van der Waals surface area contributed by atoms with E-state index in [4.69, 9.17) is 6.42 Å². The smallest absolute Gasteiger partial charge is 0.234 e. The molecule has 0 aliphatic heterocycles. The third-order valence-corrected chi connectivity index (χ3v) is 5.89. The van der Waals surface area contributed by atoms with Gasteiger partial charge in [0.25, 0.3) is 0 Å². The number of rotatable bonds is 5. The number of terminal acetylenes is 1. The Morgan fingerprint density at radius 1 is 1.25 bits per heavy atom. The van der Waals surface area contributed by atoms with E-state index in [2.05, 4.69) is 23.5 Å². The van der Waals surface area contributed by atoms with Gasteiger partial charge in [-0.2, -0.15) is 0 Å². The molecule has 0 heterocycles. The van der Waals surface area contributed by atoms with E-state index in [1.54, 1.807) is 0 Å². The summed E-state index contributed by atoms with van der Waals surface area (Å²) in [6.07, 6.45) is 13.5. The Balaban J connectivity index is 1.58. The Morgan fingerprint density at radius 3 is 2.30 bits per heavy atom. The number of hydrogen-bond donors (Lipinski definition) is 2. The molecule has 1 unspecified atom stereocenters. The summed E-state index contributed by atoms with van der Waals surface area (Å²) in [5, 5.41) is 6.19. The maximum atomic E-state index is 12.0. The minimum atomic E-state index is 0.0866. The summed E-state index contributed by atoms with van der Waals surface area (Å²) in [6.45, 7) is 3.01. The molecule has 110 valence electrons. The Bertz CT molecular complexity index is 388. The van der Waals surface area contributed by atoms with Crippen LogP contribution in [0.1, 0.15) is 45.4 Å². The van der Waals surface area contributed by atoms with Crippen molar-refractivity contribution in [2.75, 3.05) is 13.1 Å². The van der Waals surface area contributed by atoms with Crippen molar-refractivity contribution in [2.45, 2.75) is 51.5 Å². The Kier molecular flexibility index (Phi) is 3.77. The summed E-state index contributed by atoms with van der Waals surface area (Å²) in [7, 11) is 0. The van der Waals surface area contributed by atoms with Gasteiger partial charge in [0.05, 0.1) is 13.1 Å². The molecule has 0 radical (unpaired) electrons. The summed E-state index contributed by atoms with van der Waals surface area (Å²) >= 11 is 0. The summed E-state index contributed by atoms with van der Waals surface area (Å²) in [4.78, 5) is 12.0. The van der Waals surface area contributed by atoms with Crippen LogP contribution in [0.4, 0.5) is 0 Å². The molecular formula is C17H26N2O. The van der Waals surface area contributed by atoms with Crippen LogP contribution in [-0.4, -0.2) is 25.0 Å². The highest BCUT2D eigenvalue weighted by atomic mass is 16.2. The van der Waals surface area contributed by atoms with Crippen LogP contribution in [0.2, 0.25) is 0 Å². The number of carbonyl (C=O) groups excluding carboxylic acids is 1. The van der Waals surface area contributed by atoms with Crippen molar-refractivity contribution in [2.24, 2.45) is 23.2 Å². The van der Waals surface area contributed by atoms with Gasteiger partial charge in [0, 0.05) is 6.04 Å². The molecule has 4 aliphatic rings. The van der Waals surface area contributed by atoms with Gasteiger partial charge in [-0.05, 0) is 68.6 Å². The lowest BCUT2D eigenvalue weighted by Crippen LogP contribution is -2.56. The molecule has 0 aromatic rings. The third kappa shape index (κ3) is 2.59. The normalized spacial score (nSPS) is 39.3. The minimum absolute atomic E-state index is 0.0866. The highest BCUT2D eigenvalue weighted by Crippen LogP contribution is 2.61. The number of nitrogens with one attached hydrogen (secondary N) is 2. The summed E-state index contributed by atoms with van der Waals surface area (Å²) in [5.74, 6) is 5.37. The van der Waals surface area contributed by atoms with Crippen molar-refractivity contribution in [1.82, 2.24) is 10.6 Å². The van der Waals surface area contributed by atoms with Gasteiger partial charge >= 0.3 is 0 Å². The average Bonchev–Trinajstić information content (AvgIpc) is 2.37. The lowest BCUT2D eigenvalue weighted by Gasteiger charge is -2.59. The zero-order valence-corrected chi connectivity index (χ0v) is 12.5. The fraction of sp³-hybridized carbons (Fsp3) is 0.824. The molecule has 20 heavy (non-hydrogen) atoms. The summed E-state index contributed by atoms with van der Waals surface area (Å²) in [5.41, 5.74) is 0.385. The number of hydrogen-bond acceptors (Lipinski definition) is 2. The quantitative estimate of drug-likeness (QED) is 0.594. The summed E-state index contributed by atoms with van der Waals surface area (Å²) in [6, 6.07) is 0.302. The molecule has 4 bridgehead atoms. The molecule has 4 saturated carbocycles. The zero-order chi connectivity index (χ0) is 14.2. The first-order chi connectivity index (χ1) is 9.61. The topological polar surface area (TPSA) is 41.1 Å². The maximum Gasteiger partial charge on any atom is 0.234 e. The molecule has 1 amide bonds. The van der Waals surface area contributed by atoms with Crippen molar-refractivity contribution in [3.63, 3.8) is 0 Å². The van der Waals surface area contributed by atoms with Gasteiger partial charge in [-0.1, -0.05) is 5.92 Å². The van der Waals surface area contributed by atoms with Crippen LogP contribution < -0.4 is 10.6 Å². The lowest BCUT2D eigenvalue weighted by molar-refractivity contribution is -0.125. The third-order valence-electron chi connectivity index (χ3n) is 5.89. The second-order valence-corrected chi connectivity index (χ2v) is 7.38. The molecule has 4 aliphatic carbocycles. The Hall–Kier alpha value is -1.01. The first kappa shape index (κ1) is 13.9. The number of amides is 1. The highest BCUT2D eigenvalue weighted by Gasteiger charge is 2.53. The highest BCUT2D eigenvalue weighted by molar-refractivity contribution is 5.78. The van der Waals surface area contributed by atoms with E-state index in [-0.39, 0.29) is 5.91 Å². The zero-order valence-electron chi connectivity index (χ0n) is 12.5. The van der Waals surface area contributed by atoms with Crippen LogP contribution in [0.3, 0.4) is 0 Å². The van der Waals surface area contributed by atoms with Crippen LogP contribution in [0.5, 0.6) is 0 Å². The molecule has 3 nitrogen and oxygen atoms in total. The van der Waals surface area contributed by atoms with Crippen LogP contribution in [0.25, 0.3) is 0 Å². The first-order valence-electron chi connectivity index (χ1n) is 8.05. The van der Waals surface area contributed by atoms with Crippen molar-refractivity contribution >= 4 is 5.91 Å². The molecule has 0 spiro atoms. The lowest BCUT2D eigenvalue weighted by atomic mass is 9.48. The largest absolute Gasteiger partial charge is 0.352 e. The van der Waals surface area contributed by atoms with Crippen LogP contribution >= 0.6 is 0 Å². The predicted molar refractivity (Wildman–Crippen MR) is 79.9 cm³/mol. The van der Waals surface area contributed by atoms with Crippen molar-refractivity contribution in [3.05, 3.63) is 0 Å². The van der Waals surface area contributed by atoms with E-state index < -0.39 is 0 Å². The predicted octanol–water partition coefficient (Wildman–Crippen LogP) is 1.93. The molecule has 1 atom stereocenters. The van der Waals surface area contributed by atoms with E-state index in [1.807, 2.05) is 0 Å². The monoisotopic (exact) mass is 274 g/mol. The van der Waals surface area contributed by atoms with E-state index in [1.165, 1.54) is 38.5 Å². The first-order valence-corrected chi connectivity index (χ1v) is 8.05. The molecule has 3 heteroatoms. The van der Waals surface area contributed by atoms with Crippen molar-refractivity contribution in [3.8, 4) is 12.3 Å². The van der Waals surface area contributed by atoms with Crippen molar-refractivity contribution < 1.29 is 4.79 Å². The number of carbonyl (C=O) groups is 1. The van der Waals surface area contributed by atoms with E-state index >= 15 is 0 Å². The van der Waals surface area contributed by atoms with Crippen LogP contribution in [-0.2, 0) is 4.79 Å². The van der Waals surface area contributed by atoms with Gasteiger partial charge < -0.3 is 5.32 Å². The SMILES string of the molecule is C#CCNCC(=O)NC(C)C12CC3CC(CC(C3)C1)C2. The standard InChI is InChI=1S/C17H26N2O/c1-3-4-18-11-16(20)19-12(2)17-8-13-5-14(9-17)7-15(6-13)10-17/h1,12-15,18H,4-11H2,2H3,(H,19,20).